The van der Waals surface area contributed by atoms with Crippen molar-refractivity contribution in [2.45, 2.75) is 4.21 Å². The molecule has 6 heteroatoms. The number of nitrogens with zero attached hydrogens (tertiary/aromatic N) is 1. The average molecular weight is 294 g/mol. The first-order valence-electron chi connectivity index (χ1n) is 3.63. The number of sulfonamides is 1. The number of terminal acetylenes is 1. The maximum Gasteiger partial charge on any atom is 0.253 e. The van der Waals surface area contributed by atoms with Crippen LogP contribution in [0.2, 0.25) is 0 Å². The van der Waals surface area contributed by atoms with Crippen molar-refractivity contribution in [3.8, 4) is 12.3 Å². The maximum absolute atomic E-state index is 11.8. The molecule has 76 valence electrons. The van der Waals surface area contributed by atoms with Crippen molar-refractivity contribution in [2.75, 3.05) is 13.6 Å². The summed E-state index contributed by atoms with van der Waals surface area (Å²) in [6.07, 6.45) is 5.05. The lowest BCUT2D eigenvalue weighted by Crippen LogP contribution is -2.26. The Hall–Kier alpha value is -0.350. The van der Waals surface area contributed by atoms with Crippen LogP contribution < -0.4 is 0 Å². The van der Waals surface area contributed by atoms with Gasteiger partial charge in [0.05, 0.1) is 10.3 Å². The number of halogens is 1. The van der Waals surface area contributed by atoms with E-state index in [4.69, 9.17) is 6.42 Å². The SMILES string of the molecule is C#CCN(C)S(=O)(=O)c1ccc(Br)s1. The fourth-order valence-electron chi connectivity index (χ4n) is 0.803. The molecular weight excluding hydrogens is 286 g/mol. The van der Waals surface area contributed by atoms with E-state index in [-0.39, 0.29) is 6.54 Å². The van der Waals surface area contributed by atoms with Gasteiger partial charge in [0.1, 0.15) is 4.21 Å². The Labute approximate surface area is 95.9 Å². The third-order valence-electron chi connectivity index (χ3n) is 1.53. The zero-order chi connectivity index (χ0) is 10.8. The van der Waals surface area contributed by atoms with Gasteiger partial charge in [0.15, 0.2) is 0 Å². The summed E-state index contributed by atoms with van der Waals surface area (Å²) in [4.78, 5) is 0. The minimum atomic E-state index is -3.40. The Morgan fingerprint density at radius 2 is 2.29 bits per heavy atom. The summed E-state index contributed by atoms with van der Waals surface area (Å²) in [5, 5.41) is 0. The average Bonchev–Trinajstić information content (AvgIpc) is 2.52. The van der Waals surface area contributed by atoms with Gasteiger partial charge in [-0.2, -0.15) is 4.31 Å². The van der Waals surface area contributed by atoms with Gasteiger partial charge in [-0.15, -0.1) is 17.8 Å². The van der Waals surface area contributed by atoms with E-state index in [2.05, 4.69) is 21.9 Å². The van der Waals surface area contributed by atoms with Crippen LogP contribution in [0.1, 0.15) is 0 Å². The smallest absolute Gasteiger partial charge is 0.206 e. The van der Waals surface area contributed by atoms with Gasteiger partial charge in [-0.1, -0.05) is 5.92 Å². The zero-order valence-electron chi connectivity index (χ0n) is 7.40. The largest absolute Gasteiger partial charge is 0.253 e. The van der Waals surface area contributed by atoms with Gasteiger partial charge in [0.2, 0.25) is 0 Å². The van der Waals surface area contributed by atoms with Gasteiger partial charge in [-0.3, -0.25) is 0 Å². The van der Waals surface area contributed by atoms with Crippen molar-refractivity contribution in [1.29, 1.82) is 0 Å². The molecule has 0 aliphatic rings. The van der Waals surface area contributed by atoms with Crippen LogP contribution in [0.15, 0.2) is 20.1 Å². The Kier molecular flexibility index (Phi) is 3.72. The van der Waals surface area contributed by atoms with Crippen molar-refractivity contribution in [3.63, 3.8) is 0 Å². The normalized spacial score (nSPS) is 11.6. The number of thiophene rings is 1. The minimum absolute atomic E-state index is 0.0812. The molecular formula is C8H8BrNO2S2. The van der Waals surface area contributed by atoms with E-state index in [9.17, 15) is 8.42 Å². The van der Waals surface area contributed by atoms with Crippen LogP contribution in [0.4, 0.5) is 0 Å². The van der Waals surface area contributed by atoms with Crippen LogP contribution in [0, 0.1) is 12.3 Å². The molecule has 0 saturated carbocycles. The molecule has 0 spiro atoms. The van der Waals surface area contributed by atoms with Crippen LogP contribution in [0.25, 0.3) is 0 Å². The van der Waals surface area contributed by atoms with E-state index in [1.165, 1.54) is 18.4 Å². The van der Waals surface area contributed by atoms with Crippen LogP contribution in [0.5, 0.6) is 0 Å². The van der Waals surface area contributed by atoms with Gasteiger partial charge < -0.3 is 0 Å². The molecule has 0 saturated heterocycles. The molecule has 0 atom stereocenters. The van der Waals surface area contributed by atoms with E-state index < -0.39 is 10.0 Å². The Morgan fingerprint density at radius 1 is 1.64 bits per heavy atom. The highest BCUT2D eigenvalue weighted by atomic mass is 79.9. The lowest BCUT2D eigenvalue weighted by molar-refractivity contribution is 0.505. The predicted molar refractivity (Wildman–Crippen MR) is 60.7 cm³/mol. The number of hydrogen-bond acceptors (Lipinski definition) is 3. The van der Waals surface area contributed by atoms with Gasteiger partial charge >= 0.3 is 0 Å². The summed E-state index contributed by atoms with van der Waals surface area (Å²) in [5.74, 6) is 2.29. The first-order valence-corrected chi connectivity index (χ1v) is 6.68. The summed E-state index contributed by atoms with van der Waals surface area (Å²) in [5.41, 5.74) is 0. The monoisotopic (exact) mass is 293 g/mol. The molecule has 1 aromatic rings. The number of rotatable bonds is 3. The second-order valence-corrected chi connectivity index (χ2v) is 7.26. The molecule has 3 nitrogen and oxygen atoms in total. The fourth-order valence-corrected chi connectivity index (χ4v) is 4.11. The van der Waals surface area contributed by atoms with Crippen LogP contribution in [-0.4, -0.2) is 26.3 Å². The molecule has 0 aromatic carbocycles. The molecule has 0 amide bonds. The second kappa shape index (κ2) is 4.45. The molecule has 0 fully saturated rings. The zero-order valence-corrected chi connectivity index (χ0v) is 10.6. The molecule has 1 heterocycles. The van der Waals surface area contributed by atoms with Gasteiger partial charge in [-0.25, -0.2) is 8.42 Å². The minimum Gasteiger partial charge on any atom is -0.206 e. The lowest BCUT2D eigenvalue weighted by Gasteiger charge is -2.11. The van der Waals surface area contributed by atoms with Crippen molar-refractivity contribution >= 4 is 37.3 Å². The lowest BCUT2D eigenvalue weighted by atomic mass is 10.7. The molecule has 0 unspecified atom stereocenters. The highest BCUT2D eigenvalue weighted by Crippen LogP contribution is 2.27. The van der Waals surface area contributed by atoms with Crippen LogP contribution in [-0.2, 0) is 10.0 Å². The molecule has 0 aliphatic carbocycles. The van der Waals surface area contributed by atoms with E-state index in [0.717, 1.165) is 8.09 Å². The van der Waals surface area contributed by atoms with E-state index >= 15 is 0 Å². The van der Waals surface area contributed by atoms with Crippen molar-refractivity contribution in [1.82, 2.24) is 4.31 Å². The topological polar surface area (TPSA) is 37.4 Å². The van der Waals surface area contributed by atoms with Crippen molar-refractivity contribution in [2.24, 2.45) is 0 Å². The van der Waals surface area contributed by atoms with E-state index in [1.807, 2.05) is 0 Å². The van der Waals surface area contributed by atoms with E-state index in [1.54, 1.807) is 12.1 Å². The Balaban J connectivity index is 3.03. The molecule has 1 aromatic heterocycles. The summed E-state index contributed by atoms with van der Waals surface area (Å²) >= 11 is 4.38. The highest BCUT2D eigenvalue weighted by molar-refractivity contribution is 9.11. The first-order chi connectivity index (χ1) is 6.48. The van der Waals surface area contributed by atoms with Crippen LogP contribution in [0.3, 0.4) is 0 Å². The van der Waals surface area contributed by atoms with E-state index in [0.29, 0.717) is 4.21 Å². The summed E-state index contributed by atoms with van der Waals surface area (Å²) in [7, 11) is -1.94. The standard InChI is InChI=1S/C8H8BrNO2S2/c1-3-6-10(2)14(11,12)8-5-4-7(9)13-8/h1,4-5H,6H2,2H3. The number of hydrogen-bond donors (Lipinski definition) is 0. The molecule has 1 rings (SSSR count). The van der Waals surface area contributed by atoms with Gasteiger partial charge in [0, 0.05) is 7.05 Å². The molecule has 0 bridgehead atoms. The molecule has 0 radical (unpaired) electrons. The third kappa shape index (κ3) is 2.36. The Bertz CT molecular complexity index is 458. The first kappa shape index (κ1) is 11.7. The highest BCUT2D eigenvalue weighted by Gasteiger charge is 2.21. The predicted octanol–water partition coefficient (Wildman–Crippen LogP) is 1.76. The molecule has 14 heavy (non-hydrogen) atoms. The van der Waals surface area contributed by atoms with Gasteiger partial charge in [-0.05, 0) is 28.1 Å². The van der Waals surface area contributed by atoms with Crippen molar-refractivity contribution in [3.05, 3.63) is 15.9 Å². The molecule has 0 N–H and O–H groups in total. The Morgan fingerprint density at radius 3 is 2.71 bits per heavy atom. The summed E-state index contributed by atoms with van der Waals surface area (Å²) < 4.78 is 25.7. The maximum atomic E-state index is 11.8. The summed E-state index contributed by atoms with van der Waals surface area (Å²) in [6.45, 7) is 0.0812. The van der Waals surface area contributed by atoms with Crippen LogP contribution >= 0.6 is 27.3 Å². The summed E-state index contributed by atoms with van der Waals surface area (Å²) in [6, 6.07) is 3.25. The quantitative estimate of drug-likeness (QED) is 0.797. The third-order valence-corrected chi connectivity index (χ3v) is 5.42. The fraction of sp³-hybridized carbons (Fsp3) is 0.250. The second-order valence-electron chi connectivity index (χ2n) is 2.52. The molecule has 0 aliphatic heterocycles. The van der Waals surface area contributed by atoms with Gasteiger partial charge in [0.25, 0.3) is 10.0 Å². The van der Waals surface area contributed by atoms with Crippen molar-refractivity contribution < 1.29 is 8.42 Å².